The Morgan fingerprint density at radius 2 is 1.80 bits per heavy atom. The molecule has 0 saturated carbocycles. The molecule has 1 aliphatic heterocycles. The van der Waals surface area contributed by atoms with Crippen molar-refractivity contribution in [3.63, 3.8) is 0 Å². The molecule has 1 heterocycles. The zero-order chi connectivity index (χ0) is 13.8. The molecule has 0 fully saturated rings. The summed E-state index contributed by atoms with van der Waals surface area (Å²) in [6.45, 7) is 1.96. The SMILES string of the molecule is CN1CCc2c(cccc2OOOc2ccccc2)C1. The summed E-state index contributed by atoms with van der Waals surface area (Å²) in [7, 11) is 2.12. The topological polar surface area (TPSA) is 30.9 Å². The average molecular weight is 271 g/mol. The fourth-order valence-electron chi connectivity index (χ4n) is 2.36. The van der Waals surface area contributed by atoms with Gasteiger partial charge in [0.05, 0.1) is 0 Å². The van der Waals surface area contributed by atoms with E-state index in [0.29, 0.717) is 5.75 Å². The van der Waals surface area contributed by atoms with Crippen molar-refractivity contribution >= 4 is 0 Å². The van der Waals surface area contributed by atoms with Crippen LogP contribution in [-0.4, -0.2) is 18.5 Å². The second-order valence-electron chi connectivity index (χ2n) is 4.93. The van der Waals surface area contributed by atoms with Crippen molar-refractivity contribution in [2.75, 3.05) is 13.6 Å². The Kier molecular flexibility index (Phi) is 3.85. The Labute approximate surface area is 118 Å². The fourth-order valence-corrected chi connectivity index (χ4v) is 2.36. The van der Waals surface area contributed by atoms with Gasteiger partial charge in [-0.3, -0.25) is 9.78 Å². The lowest BCUT2D eigenvalue weighted by molar-refractivity contribution is -0.411. The molecule has 0 amide bonds. The second kappa shape index (κ2) is 5.94. The molecule has 0 N–H and O–H groups in total. The van der Waals surface area contributed by atoms with E-state index in [9.17, 15) is 0 Å². The lowest BCUT2D eigenvalue weighted by Gasteiger charge is -2.25. The van der Waals surface area contributed by atoms with Gasteiger partial charge in [0.25, 0.3) is 0 Å². The summed E-state index contributed by atoms with van der Waals surface area (Å²) < 4.78 is 0. The summed E-state index contributed by atoms with van der Waals surface area (Å²) in [6, 6.07) is 15.3. The van der Waals surface area contributed by atoms with E-state index >= 15 is 0 Å². The molecule has 0 bridgehead atoms. The first-order valence-corrected chi connectivity index (χ1v) is 6.68. The van der Waals surface area contributed by atoms with Crippen molar-refractivity contribution in [3.05, 3.63) is 59.7 Å². The minimum Gasteiger partial charge on any atom is -0.302 e. The highest BCUT2D eigenvalue weighted by Crippen LogP contribution is 2.27. The first-order chi connectivity index (χ1) is 9.83. The molecule has 20 heavy (non-hydrogen) atoms. The first kappa shape index (κ1) is 13.0. The highest BCUT2D eigenvalue weighted by molar-refractivity contribution is 5.41. The maximum atomic E-state index is 5.30. The number of benzene rings is 2. The second-order valence-corrected chi connectivity index (χ2v) is 4.93. The molecule has 3 rings (SSSR count). The van der Waals surface area contributed by atoms with Crippen molar-refractivity contribution in [1.29, 1.82) is 0 Å². The third kappa shape index (κ3) is 2.92. The van der Waals surface area contributed by atoms with Gasteiger partial charge < -0.3 is 4.90 Å². The van der Waals surface area contributed by atoms with Crippen molar-refractivity contribution in [3.8, 4) is 11.5 Å². The van der Waals surface area contributed by atoms with Gasteiger partial charge in [-0.15, -0.1) is 0 Å². The lowest BCUT2D eigenvalue weighted by atomic mass is 9.99. The summed E-state index contributed by atoms with van der Waals surface area (Å²) in [5, 5.41) is 4.89. The molecule has 0 saturated heterocycles. The van der Waals surface area contributed by atoms with E-state index < -0.39 is 0 Å². The van der Waals surface area contributed by atoms with E-state index in [1.807, 2.05) is 30.3 Å². The normalized spacial score (nSPS) is 14.7. The fraction of sp³-hybridized carbons (Fsp3) is 0.250. The molecule has 0 radical (unpaired) electrons. The van der Waals surface area contributed by atoms with Gasteiger partial charge in [-0.05, 0) is 37.2 Å². The van der Waals surface area contributed by atoms with Gasteiger partial charge in [0.1, 0.15) is 0 Å². The predicted octanol–water partition coefficient (Wildman–Crippen LogP) is 2.98. The number of para-hydroxylation sites is 1. The number of hydrogen-bond donors (Lipinski definition) is 0. The molecule has 2 aromatic carbocycles. The van der Waals surface area contributed by atoms with Crippen LogP contribution in [0, 0.1) is 0 Å². The van der Waals surface area contributed by atoms with Gasteiger partial charge >= 0.3 is 0 Å². The number of rotatable bonds is 4. The quantitative estimate of drug-likeness (QED) is 0.632. The van der Waals surface area contributed by atoms with Gasteiger partial charge in [-0.25, -0.2) is 0 Å². The van der Waals surface area contributed by atoms with Crippen LogP contribution in [0.2, 0.25) is 0 Å². The van der Waals surface area contributed by atoms with Crippen LogP contribution in [0.4, 0.5) is 0 Å². The molecule has 2 aromatic rings. The van der Waals surface area contributed by atoms with Gasteiger partial charge in [-0.1, -0.05) is 30.3 Å². The summed E-state index contributed by atoms with van der Waals surface area (Å²) >= 11 is 0. The van der Waals surface area contributed by atoms with Gasteiger partial charge in [0.2, 0.25) is 0 Å². The van der Waals surface area contributed by atoms with E-state index in [1.165, 1.54) is 11.1 Å². The molecule has 0 spiro atoms. The van der Waals surface area contributed by atoms with E-state index in [1.54, 1.807) is 12.1 Å². The van der Waals surface area contributed by atoms with Crippen molar-refractivity contribution in [1.82, 2.24) is 4.90 Å². The van der Waals surface area contributed by atoms with Crippen molar-refractivity contribution in [2.45, 2.75) is 13.0 Å². The summed E-state index contributed by atoms with van der Waals surface area (Å²) in [4.78, 5) is 12.7. The van der Waals surface area contributed by atoms with Crippen LogP contribution in [0.1, 0.15) is 11.1 Å². The molecule has 4 heteroatoms. The smallest absolute Gasteiger partial charge is 0.173 e. The Hall–Kier alpha value is -2.04. The molecule has 4 nitrogen and oxygen atoms in total. The maximum Gasteiger partial charge on any atom is 0.173 e. The Morgan fingerprint density at radius 1 is 0.950 bits per heavy atom. The highest BCUT2D eigenvalue weighted by Gasteiger charge is 2.17. The van der Waals surface area contributed by atoms with Gasteiger partial charge in [0, 0.05) is 23.7 Å². The van der Waals surface area contributed by atoms with Crippen LogP contribution in [-0.2, 0) is 18.0 Å². The third-order valence-corrected chi connectivity index (χ3v) is 3.41. The zero-order valence-electron chi connectivity index (χ0n) is 11.4. The zero-order valence-corrected chi connectivity index (χ0v) is 11.4. The van der Waals surface area contributed by atoms with E-state index in [0.717, 1.165) is 25.3 Å². The van der Waals surface area contributed by atoms with Crippen molar-refractivity contribution in [2.24, 2.45) is 0 Å². The Bertz CT molecular complexity index is 571. The molecule has 0 atom stereocenters. The van der Waals surface area contributed by atoms with Crippen LogP contribution in [0.15, 0.2) is 48.5 Å². The number of nitrogens with zero attached hydrogens (tertiary/aromatic N) is 1. The lowest BCUT2D eigenvalue weighted by Crippen LogP contribution is -2.26. The van der Waals surface area contributed by atoms with E-state index in [4.69, 9.17) is 14.8 Å². The molecular weight excluding hydrogens is 254 g/mol. The van der Waals surface area contributed by atoms with Crippen LogP contribution >= 0.6 is 0 Å². The molecule has 104 valence electrons. The molecule has 0 aromatic heterocycles. The number of fused-ring (bicyclic) bond motifs is 1. The summed E-state index contributed by atoms with van der Waals surface area (Å²) in [5.74, 6) is 1.34. The number of hydrogen-bond acceptors (Lipinski definition) is 4. The molecular formula is C16H17NO3. The van der Waals surface area contributed by atoms with Crippen molar-refractivity contribution < 1.29 is 14.8 Å². The van der Waals surface area contributed by atoms with Crippen LogP contribution in [0.3, 0.4) is 0 Å². The minimum atomic E-state index is 0.608. The monoisotopic (exact) mass is 271 g/mol. The van der Waals surface area contributed by atoms with E-state index in [2.05, 4.69) is 18.0 Å². The minimum absolute atomic E-state index is 0.608. The highest BCUT2D eigenvalue weighted by atomic mass is 17.5. The maximum absolute atomic E-state index is 5.30. The van der Waals surface area contributed by atoms with Gasteiger partial charge in [-0.2, -0.15) is 0 Å². The predicted molar refractivity (Wildman–Crippen MR) is 75.3 cm³/mol. The largest absolute Gasteiger partial charge is 0.302 e. The van der Waals surface area contributed by atoms with Gasteiger partial charge in [0.15, 0.2) is 11.5 Å². The molecule has 0 unspecified atom stereocenters. The summed E-state index contributed by atoms with van der Waals surface area (Å²) in [5.41, 5.74) is 2.47. The average Bonchev–Trinajstić information content (AvgIpc) is 2.48. The Balaban J connectivity index is 1.65. The standard InChI is InChI=1S/C16H17NO3/c1-17-11-10-15-13(12-17)6-5-9-16(15)19-20-18-14-7-3-2-4-8-14/h2-9H,10-12H2,1H3. The van der Waals surface area contributed by atoms with Crippen LogP contribution in [0.5, 0.6) is 11.5 Å². The Morgan fingerprint density at radius 3 is 2.65 bits per heavy atom. The number of likely N-dealkylation sites (N-methyl/N-ethyl adjacent to an activating group) is 1. The first-order valence-electron chi connectivity index (χ1n) is 6.68. The van der Waals surface area contributed by atoms with Crippen LogP contribution in [0.25, 0.3) is 0 Å². The molecule has 0 aliphatic carbocycles. The summed E-state index contributed by atoms with van der Waals surface area (Å²) in [6.07, 6.45) is 0.955. The van der Waals surface area contributed by atoms with Crippen LogP contribution < -0.4 is 9.78 Å². The third-order valence-electron chi connectivity index (χ3n) is 3.41. The van der Waals surface area contributed by atoms with E-state index in [-0.39, 0.29) is 0 Å². The molecule has 1 aliphatic rings.